The van der Waals surface area contributed by atoms with Crippen molar-refractivity contribution in [1.82, 2.24) is 0 Å². The lowest BCUT2D eigenvalue weighted by Gasteiger charge is -2.10. The second-order valence-corrected chi connectivity index (χ2v) is 4.33. The summed E-state index contributed by atoms with van der Waals surface area (Å²) in [6.45, 7) is 0. The minimum absolute atomic E-state index is 0.0253. The molecule has 1 fully saturated rings. The Morgan fingerprint density at radius 1 is 1.44 bits per heavy atom. The van der Waals surface area contributed by atoms with Crippen molar-refractivity contribution in [1.29, 1.82) is 0 Å². The molecular formula is C13H16O3. The zero-order chi connectivity index (χ0) is 11.5. The number of rotatable bonds is 2. The molecule has 0 aromatic heterocycles. The van der Waals surface area contributed by atoms with Crippen LogP contribution < -0.4 is 0 Å². The van der Waals surface area contributed by atoms with Crippen molar-refractivity contribution in [2.24, 2.45) is 5.92 Å². The molecule has 0 aliphatic heterocycles. The fourth-order valence-electron chi connectivity index (χ4n) is 2.44. The van der Waals surface area contributed by atoms with Crippen LogP contribution in [0.25, 0.3) is 0 Å². The van der Waals surface area contributed by atoms with Crippen LogP contribution in [-0.2, 0) is 9.53 Å². The van der Waals surface area contributed by atoms with Crippen molar-refractivity contribution in [3.05, 3.63) is 29.8 Å². The number of ether oxygens (including phenoxy) is 1. The Kier molecular flexibility index (Phi) is 3.13. The molecule has 1 aromatic rings. The molecule has 1 aromatic carbocycles. The van der Waals surface area contributed by atoms with E-state index in [9.17, 15) is 9.90 Å². The Balaban J connectivity index is 2.06. The highest BCUT2D eigenvalue weighted by Crippen LogP contribution is 2.39. The van der Waals surface area contributed by atoms with Gasteiger partial charge < -0.3 is 9.84 Å². The second-order valence-electron chi connectivity index (χ2n) is 4.33. The highest BCUT2D eigenvalue weighted by Gasteiger charge is 2.31. The van der Waals surface area contributed by atoms with E-state index in [0.29, 0.717) is 11.7 Å². The molecule has 1 aliphatic rings. The fourth-order valence-corrected chi connectivity index (χ4v) is 2.44. The molecule has 1 saturated carbocycles. The minimum atomic E-state index is -0.109. The summed E-state index contributed by atoms with van der Waals surface area (Å²) in [5.74, 6) is 0.579. The number of aromatic hydroxyl groups is 1. The van der Waals surface area contributed by atoms with Gasteiger partial charge in [-0.2, -0.15) is 0 Å². The molecule has 0 radical (unpaired) electrons. The van der Waals surface area contributed by atoms with E-state index in [1.165, 1.54) is 7.11 Å². The zero-order valence-corrected chi connectivity index (χ0v) is 9.35. The number of hydrogen-bond acceptors (Lipinski definition) is 3. The summed E-state index contributed by atoms with van der Waals surface area (Å²) in [4.78, 5) is 11.4. The normalized spacial score (nSPS) is 24.3. The van der Waals surface area contributed by atoms with Gasteiger partial charge >= 0.3 is 5.97 Å². The quantitative estimate of drug-likeness (QED) is 0.779. The van der Waals surface area contributed by atoms with E-state index >= 15 is 0 Å². The molecule has 2 rings (SSSR count). The molecule has 1 aliphatic carbocycles. The van der Waals surface area contributed by atoms with E-state index in [0.717, 1.165) is 24.8 Å². The van der Waals surface area contributed by atoms with Gasteiger partial charge in [0, 0.05) is 0 Å². The lowest BCUT2D eigenvalue weighted by atomic mass is 9.96. The van der Waals surface area contributed by atoms with Gasteiger partial charge in [-0.15, -0.1) is 0 Å². The zero-order valence-electron chi connectivity index (χ0n) is 9.35. The largest absolute Gasteiger partial charge is 0.508 e. The number of carbonyl (C=O) groups is 1. The van der Waals surface area contributed by atoms with Crippen molar-refractivity contribution >= 4 is 5.97 Å². The smallest absolute Gasteiger partial charge is 0.308 e. The van der Waals surface area contributed by atoms with Crippen molar-refractivity contribution in [3.63, 3.8) is 0 Å². The lowest BCUT2D eigenvalue weighted by Crippen LogP contribution is -2.12. The predicted molar refractivity (Wildman–Crippen MR) is 60.2 cm³/mol. The fraction of sp³-hybridized carbons (Fsp3) is 0.462. The van der Waals surface area contributed by atoms with Gasteiger partial charge in [0.25, 0.3) is 0 Å². The van der Waals surface area contributed by atoms with Crippen LogP contribution >= 0.6 is 0 Å². The Morgan fingerprint density at radius 3 is 2.94 bits per heavy atom. The Hall–Kier alpha value is -1.51. The number of esters is 1. The topological polar surface area (TPSA) is 46.5 Å². The van der Waals surface area contributed by atoms with Crippen LogP contribution in [-0.4, -0.2) is 18.2 Å². The van der Waals surface area contributed by atoms with Crippen LogP contribution in [0.2, 0.25) is 0 Å². The maximum Gasteiger partial charge on any atom is 0.308 e. The van der Waals surface area contributed by atoms with Gasteiger partial charge in [-0.1, -0.05) is 12.1 Å². The van der Waals surface area contributed by atoms with E-state index in [1.54, 1.807) is 12.1 Å². The van der Waals surface area contributed by atoms with E-state index in [2.05, 4.69) is 0 Å². The predicted octanol–water partition coefficient (Wildman–Crippen LogP) is 2.45. The number of methoxy groups -OCH3 is 1. The van der Waals surface area contributed by atoms with Crippen molar-refractivity contribution in [3.8, 4) is 5.75 Å². The maximum atomic E-state index is 11.4. The number of phenols is 1. The summed E-state index contributed by atoms with van der Waals surface area (Å²) in [7, 11) is 1.43. The summed E-state index contributed by atoms with van der Waals surface area (Å²) in [5.41, 5.74) is 1.12. The first kappa shape index (κ1) is 11.0. The van der Waals surface area contributed by atoms with Gasteiger partial charge in [-0.25, -0.2) is 0 Å². The van der Waals surface area contributed by atoms with Crippen LogP contribution in [0, 0.1) is 5.92 Å². The van der Waals surface area contributed by atoms with Gasteiger partial charge in [0.2, 0.25) is 0 Å². The Labute approximate surface area is 95.0 Å². The Bertz CT molecular complexity index is 387. The maximum absolute atomic E-state index is 11.4. The van der Waals surface area contributed by atoms with Crippen LogP contribution in [0.3, 0.4) is 0 Å². The molecule has 0 amide bonds. The molecular weight excluding hydrogens is 204 g/mol. The van der Waals surface area contributed by atoms with E-state index in [4.69, 9.17) is 4.74 Å². The van der Waals surface area contributed by atoms with E-state index < -0.39 is 0 Å². The van der Waals surface area contributed by atoms with Crippen molar-refractivity contribution < 1.29 is 14.6 Å². The average molecular weight is 220 g/mol. The van der Waals surface area contributed by atoms with Crippen LogP contribution in [0.4, 0.5) is 0 Å². The van der Waals surface area contributed by atoms with Crippen LogP contribution in [0.1, 0.15) is 30.7 Å². The first-order valence-electron chi connectivity index (χ1n) is 5.57. The number of benzene rings is 1. The first-order valence-corrected chi connectivity index (χ1v) is 5.57. The summed E-state index contributed by atoms with van der Waals surface area (Å²) in [6.07, 6.45) is 2.70. The molecule has 3 nitrogen and oxygen atoms in total. The molecule has 2 atom stereocenters. The summed E-state index contributed by atoms with van der Waals surface area (Å²) < 4.78 is 4.75. The Morgan fingerprint density at radius 2 is 2.25 bits per heavy atom. The monoisotopic (exact) mass is 220 g/mol. The van der Waals surface area contributed by atoms with Crippen LogP contribution in [0.5, 0.6) is 5.75 Å². The molecule has 0 spiro atoms. The third kappa shape index (κ3) is 2.18. The van der Waals surface area contributed by atoms with Gasteiger partial charge in [0.05, 0.1) is 13.0 Å². The van der Waals surface area contributed by atoms with Gasteiger partial charge in [0.1, 0.15) is 5.75 Å². The third-order valence-electron chi connectivity index (χ3n) is 3.31. The molecule has 0 bridgehead atoms. The molecule has 1 N–H and O–H groups in total. The van der Waals surface area contributed by atoms with E-state index in [-0.39, 0.29) is 11.9 Å². The molecule has 0 saturated heterocycles. The summed E-state index contributed by atoms with van der Waals surface area (Å²) in [5, 5.41) is 9.40. The highest BCUT2D eigenvalue weighted by atomic mass is 16.5. The second kappa shape index (κ2) is 4.56. The average Bonchev–Trinajstić information content (AvgIpc) is 2.77. The third-order valence-corrected chi connectivity index (χ3v) is 3.31. The molecule has 2 unspecified atom stereocenters. The van der Waals surface area contributed by atoms with Crippen molar-refractivity contribution in [2.45, 2.75) is 25.2 Å². The standard InChI is InChI=1S/C13H16O3/c1-16-13(15)11-6-5-10(7-11)9-3-2-4-12(14)8-9/h2-4,8,10-11,14H,5-7H2,1H3. The molecule has 16 heavy (non-hydrogen) atoms. The summed E-state index contributed by atoms with van der Waals surface area (Å²) >= 11 is 0. The molecule has 86 valence electrons. The molecule has 3 heteroatoms. The van der Waals surface area contributed by atoms with Crippen molar-refractivity contribution in [2.75, 3.05) is 7.11 Å². The first-order chi connectivity index (χ1) is 7.70. The van der Waals surface area contributed by atoms with Gasteiger partial charge in [0.15, 0.2) is 0 Å². The van der Waals surface area contributed by atoms with Crippen LogP contribution in [0.15, 0.2) is 24.3 Å². The number of phenolic OH excluding ortho intramolecular Hbond substituents is 1. The van der Waals surface area contributed by atoms with E-state index in [1.807, 2.05) is 12.1 Å². The SMILES string of the molecule is COC(=O)C1CCC(c2cccc(O)c2)C1. The highest BCUT2D eigenvalue weighted by molar-refractivity contribution is 5.72. The number of hydrogen-bond donors (Lipinski definition) is 1. The lowest BCUT2D eigenvalue weighted by molar-refractivity contribution is -0.145. The number of carbonyl (C=O) groups excluding carboxylic acids is 1. The molecule has 0 heterocycles. The van der Waals surface area contributed by atoms with Gasteiger partial charge in [-0.05, 0) is 42.9 Å². The van der Waals surface area contributed by atoms with Gasteiger partial charge in [-0.3, -0.25) is 4.79 Å². The minimum Gasteiger partial charge on any atom is -0.508 e. The summed E-state index contributed by atoms with van der Waals surface area (Å²) in [6, 6.07) is 7.29.